The number of anilines is 2. The van der Waals surface area contributed by atoms with E-state index in [1.165, 1.54) is 18.7 Å². The molecule has 1 atom stereocenters. The molecule has 0 aliphatic carbocycles. The number of nitrogens with zero attached hydrogens (tertiary/aromatic N) is 2. The second-order valence-electron chi connectivity index (χ2n) is 6.25. The highest BCUT2D eigenvalue weighted by molar-refractivity contribution is 8.00. The quantitative estimate of drug-likeness (QED) is 0.779. The monoisotopic (exact) mass is 388 g/mol. The fourth-order valence-electron chi connectivity index (χ4n) is 2.67. The van der Waals surface area contributed by atoms with Crippen molar-refractivity contribution in [3.05, 3.63) is 35.2 Å². The summed E-state index contributed by atoms with van der Waals surface area (Å²) in [6, 6.07) is 4.93. The van der Waals surface area contributed by atoms with Gasteiger partial charge in [0, 0.05) is 11.9 Å². The first kappa shape index (κ1) is 19.0. The number of thioether (sulfide) groups is 1. The Labute approximate surface area is 160 Å². The summed E-state index contributed by atoms with van der Waals surface area (Å²) in [7, 11) is 1.79. The summed E-state index contributed by atoms with van der Waals surface area (Å²) in [6.07, 6.45) is -0.989. The first-order valence-electron chi connectivity index (χ1n) is 8.35. The van der Waals surface area contributed by atoms with Gasteiger partial charge in [0.05, 0.1) is 34.1 Å². The number of esters is 1. The van der Waals surface area contributed by atoms with E-state index in [0.29, 0.717) is 22.8 Å². The molecule has 8 nitrogen and oxygen atoms in total. The Morgan fingerprint density at radius 1 is 1.37 bits per heavy atom. The van der Waals surface area contributed by atoms with Gasteiger partial charge in [0.1, 0.15) is 0 Å². The van der Waals surface area contributed by atoms with Gasteiger partial charge in [0.25, 0.3) is 5.91 Å². The molecule has 1 aromatic heterocycles. The number of rotatable bonds is 4. The molecular weight excluding hydrogens is 368 g/mol. The lowest BCUT2D eigenvalue weighted by molar-refractivity contribution is -0.123. The number of hydrogen-bond donors (Lipinski definition) is 2. The highest BCUT2D eigenvalue weighted by atomic mass is 32.2. The predicted molar refractivity (Wildman–Crippen MR) is 102 cm³/mol. The van der Waals surface area contributed by atoms with Gasteiger partial charge in [-0.2, -0.15) is 5.10 Å². The zero-order valence-electron chi connectivity index (χ0n) is 15.5. The molecule has 1 aliphatic heterocycles. The van der Waals surface area contributed by atoms with Crippen molar-refractivity contribution >= 4 is 40.9 Å². The second-order valence-corrected chi connectivity index (χ2v) is 7.27. The van der Waals surface area contributed by atoms with Crippen LogP contribution in [0.15, 0.2) is 23.1 Å². The van der Waals surface area contributed by atoms with Gasteiger partial charge in [-0.15, -0.1) is 11.8 Å². The summed E-state index contributed by atoms with van der Waals surface area (Å²) >= 11 is 1.41. The minimum absolute atomic E-state index is 0.118. The van der Waals surface area contributed by atoms with E-state index in [2.05, 4.69) is 15.7 Å². The first-order chi connectivity index (χ1) is 12.8. The van der Waals surface area contributed by atoms with Crippen LogP contribution in [-0.2, 0) is 21.4 Å². The predicted octanol–water partition coefficient (Wildman–Crippen LogP) is 2.27. The molecule has 27 heavy (non-hydrogen) atoms. The molecule has 0 spiro atoms. The highest BCUT2D eigenvalue weighted by Crippen LogP contribution is 2.32. The number of ether oxygens (including phenoxy) is 1. The number of hydrogen-bond acceptors (Lipinski definition) is 6. The van der Waals surface area contributed by atoms with Crippen molar-refractivity contribution in [2.75, 3.05) is 16.4 Å². The van der Waals surface area contributed by atoms with Crippen LogP contribution in [-0.4, -0.2) is 39.4 Å². The highest BCUT2D eigenvalue weighted by Gasteiger charge is 2.23. The normalized spacial score (nSPS) is 14.1. The van der Waals surface area contributed by atoms with Crippen LogP contribution in [0.5, 0.6) is 0 Å². The number of carbonyl (C=O) groups excluding carboxylic acids is 3. The van der Waals surface area contributed by atoms with Gasteiger partial charge in [-0.3, -0.25) is 14.3 Å². The Bertz CT molecular complexity index is 938. The topological polar surface area (TPSA) is 102 Å². The minimum Gasteiger partial charge on any atom is -0.449 e. The maximum Gasteiger partial charge on any atom is 0.338 e. The van der Waals surface area contributed by atoms with Crippen LogP contribution in [0.3, 0.4) is 0 Å². The van der Waals surface area contributed by atoms with E-state index in [1.807, 2.05) is 6.92 Å². The van der Waals surface area contributed by atoms with E-state index in [1.54, 1.807) is 36.9 Å². The van der Waals surface area contributed by atoms with E-state index >= 15 is 0 Å². The van der Waals surface area contributed by atoms with Crippen molar-refractivity contribution < 1.29 is 19.1 Å². The molecule has 0 fully saturated rings. The standard InChI is InChI=1S/C18H20N4O4S/c1-9-16(10(2)22(4)21-9)20-17(24)11(3)26-18(25)12-5-6-14-13(7-12)19-15(23)8-27-14/h5-7,11H,8H2,1-4H3,(H,19,23)(H,20,24). The van der Waals surface area contributed by atoms with Gasteiger partial charge in [0.15, 0.2) is 6.10 Å². The second kappa shape index (κ2) is 7.43. The number of fused-ring (bicyclic) bond motifs is 1. The van der Waals surface area contributed by atoms with Crippen molar-refractivity contribution in [2.45, 2.75) is 31.8 Å². The average molecular weight is 388 g/mol. The Balaban J connectivity index is 1.67. The molecule has 0 saturated heterocycles. The molecular formula is C18H20N4O4S. The molecule has 0 radical (unpaired) electrons. The molecule has 2 heterocycles. The lowest BCUT2D eigenvalue weighted by Crippen LogP contribution is -2.30. The van der Waals surface area contributed by atoms with Crippen LogP contribution in [0.1, 0.15) is 28.7 Å². The van der Waals surface area contributed by atoms with Gasteiger partial charge in [0.2, 0.25) is 5.91 Å². The van der Waals surface area contributed by atoms with Crippen LogP contribution in [0.2, 0.25) is 0 Å². The smallest absolute Gasteiger partial charge is 0.338 e. The molecule has 1 unspecified atom stereocenters. The Kier molecular flexibility index (Phi) is 5.22. The number of nitrogens with one attached hydrogen (secondary N) is 2. The van der Waals surface area contributed by atoms with Crippen molar-refractivity contribution in [1.82, 2.24) is 9.78 Å². The van der Waals surface area contributed by atoms with Crippen LogP contribution in [0.4, 0.5) is 11.4 Å². The summed E-state index contributed by atoms with van der Waals surface area (Å²) in [5.74, 6) is -0.844. The number of benzene rings is 1. The molecule has 1 aliphatic rings. The molecule has 0 bridgehead atoms. The Morgan fingerprint density at radius 3 is 2.78 bits per heavy atom. The number of aromatic nitrogens is 2. The number of amides is 2. The SMILES string of the molecule is Cc1nn(C)c(C)c1NC(=O)C(C)OC(=O)c1ccc2c(c1)NC(=O)CS2. The van der Waals surface area contributed by atoms with E-state index in [4.69, 9.17) is 4.74 Å². The summed E-state index contributed by atoms with van der Waals surface area (Å²) in [6.45, 7) is 5.13. The number of aryl methyl sites for hydroxylation is 2. The van der Waals surface area contributed by atoms with Crippen LogP contribution in [0, 0.1) is 13.8 Å². The summed E-state index contributed by atoms with van der Waals surface area (Å²) in [4.78, 5) is 37.1. The molecule has 9 heteroatoms. The van der Waals surface area contributed by atoms with Gasteiger partial charge in [-0.05, 0) is 39.0 Å². The van der Waals surface area contributed by atoms with Crippen molar-refractivity contribution in [2.24, 2.45) is 7.05 Å². The van der Waals surface area contributed by atoms with Crippen molar-refractivity contribution in [3.63, 3.8) is 0 Å². The lowest BCUT2D eigenvalue weighted by atomic mass is 10.2. The summed E-state index contributed by atoms with van der Waals surface area (Å²) < 4.78 is 6.94. The molecule has 142 valence electrons. The van der Waals surface area contributed by atoms with Crippen molar-refractivity contribution in [1.29, 1.82) is 0 Å². The van der Waals surface area contributed by atoms with E-state index < -0.39 is 18.0 Å². The fraction of sp³-hybridized carbons (Fsp3) is 0.333. The molecule has 1 aromatic carbocycles. The molecule has 2 amide bonds. The third-order valence-corrected chi connectivity index (χ3v) is 5.33. The molecule has 2 N–H and O–H groups in total. The Hall–Kier alpha value is -2.81. The van der Waals surface area contributed by atoms with Crippen LogP contribution >= 0.6 is 11.8 Å². The summed E-state index contributed by atoms with van der Waals surface area (Å²) in [5.41, 5.74) is 2.94. The zero-order chi connectivity index (χ0) is 19.7. The third-order valence-electron chi connectivity index (χ3n) is 4.26. The van der Waals surface area contributed by atoms with Crippen LogP contribution < -0.4 is 10.6 Å². The fourth-order valence-corrected chi connectivity index (χ4v) is 3.46. The minimum atomic E-state index is -0.989. The lowest BCUT2D eigenvalue weighted by Gasteiger charge is -2.18. The first-order valence-corrected chi connectivity index (χ1v) is 9.33. The molecule has 2 aromatic rings. The summed E-state index contributed by atoms with van der Waals surface area (Å²) in [5, 5.41) is 9.71. The van der Waals surface area contributed by atoms with Gasteiger partial charge in [-0.25, -0.2) is 4.79 Å². The maximum atomic E-state index is 12.4. The van der Waals surface area contributed by atoms with Gasteiger partial charge >= 0.3 is 5.97 Å². The van der Waals surface area contributed by atoms with Crippen molar-refractivity contribution in [3.8, 4) is 0 Å². The third kappa shape index (κ3) is 3.97. The van der Waals surface area contributed by atoms with Gasteiger partial charge < -0.3 is 15.4 Å². The Morgan fingerprint density at radius 2 is 2.11 bits per heavy atom. The van der Waals surface area contributed by atoms with Crippen LogP contribution in [0.25, 0.3) is 0 Å². The zero-order valence-corrected chi connectivity index (χ0v) is 16.3. The van der Waals surface area contributed by atoms with E-state index in [-0.39, 0.29) is 11.5 Å². The van der Waals surface area contributed by atoms with Gasteiger partial charge in [-0.1, -0.05) is 0 Å². The number of carbonyl (C=O) groups is 3. The van der Waals surface area contributed by atoms with E-state index in [0.717, 1.165) is 10.6 Å². The average Bonchev–Trinajstić information content (AvgIpc) is 2.86. The van der Waals surface area contributed by atoms with E-state index in [9.17, 15) is 14.4 Å². The largest absolute Gasteiger partial charge is 0.449 e. The molecule has 0 saturated carbocycles. The molecule has 3 rings (SSSR count). The maximum absolute atomic E-state index is 12.4.